The van der Waals surface area contributed by atoms with Crippen LogP contribution in [0.1, 0.15) is 25.5 Å². The van der Waals surface area contributed by atoms with Crippen LogP contribution in [0.3, 0.4) is 0 Å². The minimum atomic E-state index is -3.79. The standard InChI is InChI=1S/C25H28N2O6S2/c1-18(20-10-16-24(17-11-20)34(3,29)30)26-25(28)19(2)27(35(4,31)32)21-12-14-23(15-13-21)33-22-8-6-5-7-9-22/h5-19H,1-4H3,(H,26,28)/t18-,19+/m0/s1. The second kappa shape index (κ2) is 10.5. The molecule has 1 amide bonds. The van der Waals surface area contributed by atoms with Crippen LogP contribution in [0.25, 0.3) is 0 Å². The molecule has 0 aliphatic rings. The monoisotopic (exact) mass is 516 g/mol. The molecule has 3 aromatic rings. The van der Waals surface area contributed by atoms with Gasteiger partial charge in [-0.25, -0.2) is 16.8 Å². The highest BCUT2D eigenvalue weighted by molar-refractivity contribution is 7.92. The lowest BCUT2D eigenvalue weighted by Crippen LogP contribution is -2.48. The molecule has 8 nitrogen and oxygen atoms in total. The summed E-state index contributed by atoms with van der Waals surface area (Å²) in [5.74, 6) is 0.669. The zero-order chi connectivity index (χ0) is 25.8. The van der Waals surface area contributed by atoms with Gasteiger partial charge in [0.1, 0.15) is 17.5 Å². The Bertz CT molecular complexity index is 1370. The Hall–Kier alpha value is -3.37. The summed E-state index contributed by atoms with van der Waals surface area (Å²) in [5.41, 5.74) is 1.01. The van der Waals surface area contributed by atoms with E-state index in [0.29, 0.717) is 22.7 Å². The van der Waals surface area contributed by atoms with E-state index >= 15 is 0 Å². The maximum Gasteiger partial charge on any atom is 0.244 e. The molecule has 3 aromatic carbocycles. The Balaban J connectivity index is 1.76. The molecule has 186 valence electrons. The SMILES string of the molecule is C[C@H](NC(=O)[C@@H](C)N(c1ccc(Oc2ccccc2)cc1)S(C)(=O)=O)c1ccc(S(C)(=O)=O)cc1. The molecule has 0 heterocycles. The maximum absolute atomic E-state index is 13.0. The van der Waals surface area contributed by atoms with Gasteiger partial charge in [-0.05, 0) is 67.9 Å². The number of amides is 1. The maximum atomic E-state index is 13.0. The van der Waals surface area contributed by atoms with Gasteiger partial charge in [0.05, 0.1) is 22.9 Å². The van der Waals surface area contributed by atoms with E-state index < -0.39 is 37.9 Å². The first-order valence-corrected chi connectivity index (χ1v) is 14.5. The number of hydrogen-bond donors (Lipinski definition) is 1. The first-order chi connectivity index (χ1) is 16.4. The Kier molecular flexibility index (Phi) is 7.86. The highest BCUT2D eigenvalue weighted by Crippen LogP contribution is 2.27. The number of hydrogen-bond acceptors (Lipinski definition) is 6. The smallest absolute Gasteiger partial charge is 0.244 e. The molecule has 0 saturated heterocycles. The number of nitrogens with one attached hydrogen (secondary N) is 1. The number of carbonyl (C=O) groups is 1. The van der Waals surface area contributed by atoms with Gasteiger partial charge in [-0.1, -0.05) is 30.3 Å². The van der Waals surface area contributed by atoms with Crippen molar-refractivity contribution in [2.24, 2.45) is 0 Å². The molecular weight excluding hydrogens is 488 g/mol. The van der Waals surface area contributed by atoms with Crippen LogP contribution in [0.2, 0.25) is 0 Å². The molecular formula is C25H28N2O6S2. The predicted molar refractivity (Wildman–Crippen MR) is 136 cm³/mol. The summed E-state index contributed by atoms with van der Waals surface area (Å²) in [6.45, 7) is 3.24. The lowest BCUT2D eigenvalue weighted by Gasteiger charge is -2.29. The van der Waals surface area contributed by atoms with Gasteiger partial charge in [-0.15, -0.1) is 0 Å². The minimum Gasteiger partial charge on any atom is -0.457 e. The van der Waals surface area contributed by atoms with Crippen LogP contribution in [-0.4, -0.2) is 41.3 Å². The number of para-hydroxylation sites is 1. The summed E-state index contributed by atoms with van der Waals surface area (Å²) in [6, 6.07) is 20.3. The lowest BCUT2D eigenvalue weighted by atomic mass is 10.1. The van der Waals surface area contributed by atoms with Gasteiger partial charge >= 0.3 is 0 Å². The number of sulfonamides is 1. The molecule has 0 saturated carbocycles. The van der Waals surface area contributed by atoms with Crippen LogP contribution >= 0.6 is 0 Å². The van der Waals surface area contributed by atoms with Gasteiger partial charge in [0, 0.05) is 6.26 Å². The molecule has 3 rings (SSSR count). The number of ether oxygens (including phenoxy) is 1. The van der Waals surface area contributed by atoms with Crippen molar-refractivity contribution in [3.8, 4) is 11.5 Å². The minimum absolute atomic E-state index is 0.177. The van der Waals surface area contributed by atoms with E-state index in [1.165, 1.54) is 19.1 Å². The Morgan fingerprint density at radius 1 is 0.800 bits per heavy atom. The molecule has 35 heavy (non-hydrogen) atoms. The number of rotatable bonds is 9. The van der Waals surface area contributed by atoms with E-state index in [-0.39, 0.29) is 4.90 Å². The number of sulfone groups is 1. The van der Waals surface area contributed by atoms with Crippen LogP contribution in [0, 0.1) is 0 Å². The Labute approximate surface area is 206 Å². The first-order valence-electron chi connectivity index (χ1n) is 10.8. The molecule has 0 radical (unpaired) electrons. The lowest BCUT2D eigenvalue weighted by molar-refractivity contribution is -0.122. The van der Waals surface area contributed by atoms with Gasteiger partial charge < -0.3 is 10.1 Å². The van der Waals surface area contributed by atoms with Crippen molar-refractivity contribution >= 4 is 31.5 Å². The van der Waals surface area contributed by atoms with Crippen LogP contribution in [0.5, 0.6) is 11.5 Å². The number of carbonyl (C=O) groups excluding carboxylic acids is 1. The van der Waals surface area contributed by atoms with E-state index in [0.717, 1.165) is 16.8 Å². The highest BCUT2D eigenvalue weighted by atomic mass is 32.2. The first kappa shape index (κ1) is 26.2. The fraction of sp³-hybridized carbons (Fsp3) is 0.240. The Morgan fingerprint density at radius 3 is 1.86 bits per heavy atom. The summed E-state index contributed by atoms with van der Waals surface area (Å²) >= 11 is 0. The number of anilines is 1. The van der Waals surface area contributed by atoms with E-state index in [1.807, 2.05) is 18.2 Å². The van der Waals surface area contributed by atoms with Crippen molar-refractivity contribution in [3.63, 3.8) is 0 Å². The molecule has 0 unspecified atom stereocenters. The number of benzene rings is 3. The van der Waals surface area contributed by atoms with Crippen molar-refractivity contribution in [1.29, 1.82) is 0 Å². The third kappa shape index (κ3) is 6.83. The van der Waals surface area contributed by atoms with Gasteiger partial charge in [-0.2, -0.15) is 0 Å². The van der Waals surface area contributed by atoms with Gasteiger partial charge in [0.25, 0.3) is 0 Å². The van der Waals surface area contributed by atoms with Crippen LogP contribution in [-0.2, 0) is 24.7 Å². The third-order valence-corrected chi connectivity index (χ3v) is 7.70. The summed E-state index contributed by atoms with van der Waals surface area (Å²) in [4.78, 5) is 13.2. The van der Waals surface area contributed by atoms with E-state index in [1.54, 1.807) is 55.5 Å². The average Bonchev–Trinajstić information content (AvgIpc) is 2.79. The van der Waals surface area contributed by atoms with Crippen molar-refractivity contribution in [2.75, 3.05) is 16.8 Å². The summed E-state index contributed by atoms with van der Waals surface area (Å²) in [6.07, 6.45) is 2.16. The largest absolute Gasteiger partial charge is 0.457 e. The molecule has 1 N–H and O–H groups in total. The van der Waals surface area contributed by atoms with E-state index in [4.69, 9.17) is 4.74 Å². The van der Waals surface area contributed by atoms with Crippen molar-refractivity contribution in [3.05, 3.63) is 84.4 Å². The second-order valence-corrected chi connectivity index (χ2v) is 12.1. The van der Waals surface area contributed by atoms with E-state index in [9.17, 15) is 21.6 Å². The summed E-state index contributed by atoms with van der Waals surface area (Å²) < 4.78 is 55.3. The fourth-order valence-corrected chi connectivity index (χ4v) is 5.32. The van der Waals surface area contributed by atoms with Crippen molar-refractivity contribution in [1.82, 2.24) is 5.32 Å². The van der Waals surface area contributed by atoms with Crippen LogP contribution in [0.4, 0.5) is 5.69 Å². The molecule has 10 heteroatoms. The molecule has 0 aliphatic heterocycles. The zero-order valence-corrected chi connectivity index (χ0v) is 21.5. The van der Waals surface area contributed by atoms with Gasteiger partial charge in [-0.3, -0.25) is 9.10 Å². The van der Waals surface area contributed by atoms with Crippen LogP contribution in [0.15, 0.2) is 83.8 Å². The van der Waals surface area contributed by atoms with Gasteiger partial charge in [0.15, 0.2) is 9.84 Å². The number of nitrogens with zero attached hydrogens (tertiary/aromatic N) is 1. The van der Waals surface area contributed by atoms with Gasteiger partial charge in [0.2, 0.25) is 15.9 Å². The van der Waals surface area contributed by atoms with Crippen molar-refractivity contribution in [2.45, 2.75) is 30.8 Å². The summed E-state index contributed by atoms with van der Waals surface area (Å²) in [7, 11) is -7.12. The van der Waals surface area contributed by atoms with E-state index in [2.05, 4.69) is 5.32 Å². The predicted octanol–water partition coefficient (Wildman–Crippen LogP) is 3.91. The normalized spacial score (nSPS) is 13.5. The third-order valence-electron chi connectivity index (χ3n) is 5.33. The highest BCUT2D eigenvalue weighted by Gasteiger charge is 2.30. The van der Waals surface area contributed by atoms with Crippen molar-refractivity contribution < 1.29 is 26.4 Å². The molecule has 2 atom stereocenters. The molecule has 0 spiro atoms. The molecule has 0 aromatic heterocycles. The quantitative estimate of drug-likeness (QED) is 0.462. The van der Waals surface area contributed by atoms with Crippen LogP contribution < -0.4 is 14.4 Å². The summed E-state index contributed by atoms with van der Waals surface area (Å²) in [5, 5.41) is 2.80. The molecule has 0 bridgehead atoms. The second-order valence-electron chi connectivity index (χ2n) is 8.22. The zero-order valence-electron chi connectivity index (χ0n) is 19.9. The molecule has 0 fully saturated rings. The molecule has 0 aliphatic carbocycles. The average molecular weight is 517 g/mol. The fourth-order valence-electron chi connectivity index (χ4n) is 3.52. The topological polar surface area (TPSA) is 110 Å². The Morgan fingerprint density at radius 2 is 1.34 bits per heavy atom.